The molecule has 21 heavy (non-hydrogen) atoms. The Kier molecular flexibility index (Phi) is 4.21. The number of aromatic nitrogens is 2. The molecule has 2 aromatic rings. The Morgan fingerprint density at radius 2 is 1.81 bits per heavy atom. The Balaban J connectivity index is 2.12. The number of amides is 1. The smallest absolute Gasteiger partial charge is 0.287 e. The summed E-state index contributed by atoms with van der Waals surface area (Å²) >= 11 is 0. The molecule has 0 aliphatic carbocycles. The largest absolute Gasteiger partial charge is 0.456 e. The number of carbonyl (C=O) groups excluding carboxylic acids is 1. The van der Waals surface area contributed by atoms with E-state index in [0.29, 0.717) is 17.5 Å². The first kappa shape index (κ1) is 15.0. The van der Waals surface area contributed by atoms with Crippen LogP contribution in [0.25, 0.3) is 0 Å². The monoisotopic (exact) mass is 291 g/mol. The highest BCUT2D eigenvalue weighted by Gasteiger charge is 2.19. The highest BCUT2D eigenvalue weighted by atomic mass is 16.4. The van der Waals surface area contributed by atoms with E-state index in [1.807, 2.05) is 13.8 Å². The third-order valence-corrected chi connectivity index (χ3v) is 2.78. The van der Waals surface area contributed by atoms with Crippen LogP contribution in [0.1, 0.15) is 60.8 Å². The number of rotatable bonds is 4. The summed E-state index contributed by atoms with van der Waals surface area (Å²) in [6.07, 6.45) is 0. The lowest BCUT2D eigenvalue weighted by Gasteiger charge is -2.09. The summed E-state index contributed by atoms with van der Waals surface area (Å²) in [5.41, 5.74) is -0.281. The molecular formula is C14H17N3O4. The van der Waals surface area contributed by atoms with Gasteiger partial charge in [0.2, 0.25) is 11.8 Å². The van der Waals surface area contributed by atoms with Gasteiger partial charge in [-0.3, -0.25) is 9.59 Å². The van der Waals surface area contributed by atoms with Crippen molar-refractivity contribution >= 4 is 5.91 Å². The fourth-order valence-electron chi connectivity index (χ4n) is 1.70. The second-order valence-corrected chi connectivity index (χ2v) is 5.10. The molecule has 2 heterocycles. The maximum atomic E-state index is 12.0. The van der Waals surface area contributed by atoms with Crippen LogP contribution in [0, 0.1) is 6.92 Å². The summed E-state index contributed by atoms with van der Waals surface area (Å²) in [7, 11) is 0. The quantitative estimate of drug-likeness (QED) is 0.924. The molecule has 0 bridgehead atoms. The molecule has 0 saturated carbocycles. The zero-order valence-corrected chi connectivity index (χ0v) is 12.3. The molecule has 0 fully saturated rings. The predicted molar refractivity (Wildman–Crippen MR) is 74.0 cm³/mol. The van der Waals surface area contributed by atoms with Gasteiger partial charge in [-0.15, -0.1) is 10.2 Å². The molecule has 7 heteroatoms. The minimum Gasteiger partial charge on any atom is -0.456 e. The standard InChI is InChI=1S/C14H17N3O4/c1-7(2)13-16-17-14(21-13)9(4)15-12(19)11-6-10(18)5-8(3)20-11/h5-7,9H,1-4H3,(H,15,19). The minimum absolute atomic E-state index is 0.0459. The number of nitrogens with zero attached hydrogens (tertiary/aromatic N) is 2. The number of aryl methyl sites for hydroxylation is 1. The van der Waals surface area contributed by atoms with E-state index in [2.05, 4.69) is 15.5 Å². The lowest BCUT2D eigenvalue weighted by Crippen LogP contribution is -2.27. The van der Waals surface area contributed by atoms with Crippen molar-refractivity contribution in [3.8, 4) is 0 Å². The van der Waals surface area contributed by atoms with E-state index in [4.69, 9.17) is 8.83 Å². The topological polar surface area (TPSA) is 98.2 Å². The van der Waals surface area contributed by atoms with Gasteiger partial charge in [-0.1, -0.05) is 13.8 Å². The fourth-order valence-corrected chi connectivity index (χ4v) is 1.70. The maximum Gasteiger partial charge on any atom is 0.287 e. The van der Waals surface area contributed by atoms with Crippen molar-refractivity contribution < 1.29 is 13.6 Å². The van der Waals surface area contributed by atoms with Crippen LogP contribution in [0.15, 0.2) is 25.8 Å². The molecule has 0 radical (unpaired) electrons. The molecule has 2 aromatic heterocycles. The molecule has 0 aliphatic rings. The Hall–Kier alpha value is -2.44. The lowest BCUT2D eigenvalue weighted by molar-refractivity contribution is 0.0901. The highest BCUT2D eigenvalue weighted by Crippen LogP contribution is 2.17. The summed E-state index contributed by atoms with van der Waals surface area (Å²) in [6.45, 7) is 7.18. The summed E-state index contributed by atoms with van der Waals surface area (Å²) in [5.74, 6) is 0.752. The molecule has 0 aliphatic heterocycles. The Morgan fingerprint density at radius 1 is 1.14 bits per heavy atom. The van der Waals surface area contributed by atoms with Crippen molar-refractivity contribution in [2.75, 3.05) is 0 Å². The normalized spacial score (nSPS) is 12.4. The van der Waals surface area contributed by atoms with E-state index < -0.39 is 11.9 Å². The van der Waals surface area contributed by atoms with Crippen molar-refractivity contribution in [1.29, 1.82) is 0 Å². The minimum atomic E-state index is -0.507. The number of hydrogen-bond donors (Lipinski definition) is 1. The highest BCUT2D eigenvalue weighted by molar-refractivity contribution is 5.91. The van der Waals surface area contributed by atoms with Gasteiger partial charge in [0.1, 0.15) is 11.8 Å². The van der Waals surface area contributed by atoms with Crippen molar-refractivity contribution in [2.45, 2.75) is 39.7 Å². The summed E-state index contributed by atoms with van der Waals surface area (Å²) in [4.78, 5) is 23.4. The maximum absolute atomic E-state index is 12.0. The molecule has 1 N–H and O–H groups in total. The summed E-state index contributed by atoms with van der Waals surface area (Å²) < 4.78 is 10.7. The first-order chi connectivity index (χ1) is 9.86. The van der Waals surface area contributed by atoms with Crippen LogP contribution in [-0.4, -0.2) is 16.1 Å². The van der Waals surface area contributed by atoms with Crippen LogP contribution in [-0.2, 0) is 0 Å². The number of carbonyl (C=O) groups is 1. The number of hydrogen-bond acceptors (Lipinski definition) is 6. The first-order valence-electron chi connectivity index (χ1n) is 6.62. The van der Waals surface area contributed by atoms with Gasteiger partial charge >= 0.3 is 0 Å². The third kappa shape index (κ3) is 3.56. The van der Waals surface area contributed by atoms with E-state index >= 15 is 0 Å². The zero-order valence-electron chi connectivity index (χ0n) is 12.3. The molecule has 0 spiro atoms. The summed E-state index contributed by atoms with van der Waals surface area (Å²) in [5, 5.41) is 10.5. The van der Waals surface area contributed by atoms with E-state index in [-0.39, 0.29) is 17.1 Å². The Morgan fingerprint density at radius 3 is 2.38 bits per heavy atom. The van der Waals surface area contributed by atoms with Crippen molar-refractivity contribution in [1.82, 2.24) is 15.5 Å². The molecule has 1 amide bonds. The van der Waals surface area contributed by atoms with Crippen molar-refractivity contribution in [2.24, 2.45) is 0 Å². The SMILES string of the molecule is Cc1cc(=O)cc(C(=O)NC(C)c2nnc(C(C)C)o2)o1. The van der Waals surface area contributed by atoms with Gasteiger partial charge in [-0.25, -0.2) is 0 Å². The third-order valence-electron chi connectivity index (χ3n) is 2.78. The Bertz CT molecular complexity index is 702. The van der Waals surface area contributed by atoms with E-state index in [0.717, 1.165) is 6.07 Å². The van der Waals surface area contributed by atoms with Gasteiger partial charge in [-0.2, -0.15) is 0 Å². The molecule has 2 rings (SSSR count). The van der Waals surface area contributed by atoms with Gasteiger partial charge in [0.25, 0.3) is 5.91 Å². The van der Waals surface area contributed by atoms with Crippen LogP contribution in [0.2, 0.25) is 0 Å². The number of nitrogens with one attached hydrogen (secondary N) is 1. The van der Waals surface area contributed by atoms with Gasteiger partial charge < -0.3 is 14.2 Å². The molecular weight excluding hydrogens is 274 g/mol. The van der Waals surface area contributed by atoms with Gasteiger partial charge in [0.15, 0.2) is 11.2 Å². The van der Waals surface area contributed by atoms with Crippen LogP contribution in [0.5, 0.6) is 0 Å². The molecule has 112 valence electrons. The predicted octanol–water partition coefficient (Wildman–Crippen LogP) is 1.95. The molecule has 1 unspecified atom stereocenters. The average Bonchev–Trinajstić information content (AvgIpc) is 2.87. The zero-order chi connectivity index (χ0) is 15.6. The second-order valence-electron chi connectivity index (χ2n) is 5.10. The van der Waals surface area contributed by atoms with E-state index in [1.165, 1.54) is 6.07 Å². The van der Waals surface area contributed by atoms with Crippen LogP contribution < -0.4 is 10.7 Å². The van der Waals surface area contributed by atoms with Crippen LogP contribution in [0.3, 0.4) is 0 Å². The van der Waals surface area contributed by atoms with E-state index in [9.17, 15) is 9.59 Å². The Labute approximate surface area is 121 Å². The first-order valence-corrected chi connectivity index (χ1v) is 6.62. The summed E-state index contributed by atoms with van der Waals surface area (Å²) in [6, 6.07) is 1.97. The van der Waals surface area contributed by atoms with Crippen molar-refractivity contribution in [3.05, 3.63) is 45.7 Å². The van der Waals surface area contributed by atoms with E-state index in [1.54, 1.807) is 13.8 Å². The van der Waals surface area contributed by atoms with Crippen LogP contribution >= 0.6 is 0 Å². The average molecular weight is 291 g/mol. The van der Waals surface area contributed by atoms with Gasteiger partial charge in [0.05, 0.1) is 0 Å². The molecule has 7 nitrogen and oxygen atoms in total. The van der Waals surface area contributed by atoms with Crippen molar-refractivity contribution in [3.63, 3.8) is 0 Å². The fraction of sp³-hybridized carbons (Fsp3) is 0.429. The second kappa shape index (κ2) is 5.90. The molecule has 0 aromatic carbocycles. The van der Waals surface area contributed by atoms with Crippen LogP contribution in [0.4, 0.5) is 0 Å². The van der Waals surface area contributed by atoms with Gasteiger partial charge in [-0.05, 0) is 13.8 Å². The van der Waals surface area contributed by atoms with Gasteiger partial charge in [0, 0.05) is 18.1 Å². The molecule has 0 saturated heterocycles. The molecule has 1 atom stereocenters. The lowest BCUT2D eigenvalue weighted by atomic mass is 10.2.